The molecule has 1 atom stereocenters. The topological polar surface area (TPSA) is 48.1 Å². The summed E-state index contributed by atoms with van der Waals surface area (Å²) in [6.45, 7) is 0. The summed E-state index contributed by atoms with van der Waals surface area (Å²) in [5.74, 6) is 0.795. The molecule has 0 spiro atoms. The summed E-state index contributed by atoms with van der Waals surface area (Å²) in [5, 5.41) is 0. The van der Waals surface area contributed by atoms with Crippen LogP contribution in [-0.2, 0) is 6.42 Å². The van der Waals surface area contributed by atoms with Gasteiger partial charge in [-0.05, 0) is 18.1 Å². The van der Waals surface area contributed by atoms with Crippen molar-refractivity contribution in [2.24, 2.45) is 5.73 Å². The zero-order valence-corrected chi connectivity index (χ0v) is 9.84. The molecule has 88 valence electrons. The molecule has 3 heteroatoms. The predicted octanol–water partition coefficient (Wildman–Crippen LogP) is 2.33. The number of methoxy groups -OCH3 is 1. The molecule has 0 amide bonds. The zero-order chi connectivity index (χ0) is 12.1. The molecule has 0 aliphatic rings. The molecular formula is C14H16N2O. The molecule has 0 fully saturated rings. The minimum atomic E-state index is -0.0963. The van der Waals surface area contributed by atoms with Gasteiger partial charge in [-0.15, -0.1) is 0 Å². The van der Waals surface area contributed by atoms with E-state index in [4.69, 9.17) is 10.5 Å². The van der Waals surface area contributed by atoms with Crippen LogP contribution < -0.4 is 10.5 Å². The molecule has 2 N–H and O–H groups in total. The highest BCUT2D eigenvalue weighted by atomic mass is 16.5. The average Bonchev–Trinajstić information content (AvgIpc) is 2.40. The molecule has 1 aromatic carbocycles. The summed E-state index contributed by atoms with van der Waals surface area (Å²) in [6.07, 6.45) is 4.26. The molecule has 1 unspecified atom stereocenters. The lowest BCUT2D eigenvalue weighted by Gasteiger charge is -2.14. The summed E-state index contributed by atoms with van der Waals surface area (Å²) >= 11 is 0. The van der Waals surface area contributed by atoms with E-state index in [0.29, 0.717) is 0 Å². The van der Waals surface area contributed by atoms with E-state index >= 15 is 0 Å². The van der Waals surface area contributed by atoms with Crippen LogP contribution in [0, 0.1) is 0 Å². The molecule has 0 aliphatic carbocycles. The monoisotopic (exact) mass is 228 g/mol. The Morgan fingerprint density at radius 2 is 2.00 bits per heavy atom. The van der Waals surface area contributed by atoms with Gasteiger partial charge in [0.2, 0.25) is 0 Å². The molecular weight excluding hydrogens is 212 g/mol. The summed E-state index contributed by atoms with van der Waals surface area (Å²) in [5.41, 5.74) is 8.34. The van der Waals surface area contributed by atoms with Crippen molar-refractivity contribution in [3.05, 3.63) is 59.9 Å². The second kappa shape index (κ2) is 5.46. The van der Waals surface area contributed by atoms with Gasteiger partial charge in [-0.25, -0.2) is 0 Å². The van der Waals surface area contributed by atoms with Crippen molar-refractivity contribution >= 4 is 0 Å². The highest BCUT2D eigenvalue weighted by Crippen LogP contribution is 2.24. The van der Waals surface area contributed by atoms with Crippen molar-refractivity contribution in [1.82, 2.24) is 4.98 Å². The molecule has 0 saturated carbocycles. The van der Waals surface area contributed by atoms with Crippen LogP contribution in [0.5, 0.6) is 5.75 Å². The van der Waals surface area contributed by atoms with Crippen molar-refractivity contribution in [3.8, 4) is 5.75 Å². The number of pyridine rings is 1. The Kier molecular flexibility index (Phi) is 3.73. The van der Waals surface area contributed by atoms with E-state index in [2.05, 4.69) is 17.1 Å². The smallest absolute Gasteiger partial charge is 0.126 e. The molecule has 3 nitrogen and oxygen atoms in total. The van der Waals surface area contributed by atoms with Gasteiger partial charge in [0.1, 0.15) is 5.75 Å². The van der Waals surface area contributed by atoms with Gasteiger partial charge < -0.3 is 10.5 Å². The zero-order valence-electron chi connectivity index (χ0n) is 9.84. The maximum absolute atomic E-state index is 6.18. The average molecular weight is 228 g/mol. The Hall–Kier alpha value is -1.87. The maximum atomic E-state index is 6.18. The van der Waals surface area contributed by atoms with Crippen molar-refractivity contribution in [2.75, 3.05) is 7.11 Å². The molecule has 0 radical (unpaired) electrons. The fourth-order valence-corrected chi connectivity index (χ4v) is 1.84. The fourth-order valence-electron chi connectivity index (χ4n) is 1.84. The van der Waals surface area contributed by atoms with Gasteiger partial charge in [0, 0.05) is 24.0 Å². The lowest BCUT2D eigenvalue weighted by Crippen LogP contribution is -2.14. The standard InChI is InChI=1S/C14H16N2O/c1-17-14-7-8-16-10-12(14)13(15)9-11-5-3-2-4-6-11/h2-8,10,13H,9,15H2,1H3. The molecule has 2 aromatic rings. The Balaban J connectivity index is 2.17. The van der Waals surface area contributed by atoms with E-state index in [1.54, 1.807) is 19.5 Å². The largest absolute Gasteiger partial charge is 0.496 e. The SMILES string of the molecule is COc1ccncc1C(N)Cc1ccccc1. The van der Waals surface area contributed by atoms with Crippen LogP contribution in [0.15, 0.2) is 48.8 Å². The van der Waals surface area contributed by atoms with Crippen molar-refractivity contribution in [1.29, 1.82) is 0 Å². The third-order valence-electron chi connectivity index (χ3n) is 2.73. The van der Waals surface area contributed by atoms with E-state index in [9.17, 15) is 0 Å². The fraction of sp³-hybridized carbons (Fsp3) is 0.214. The lowest BCUT2D eigenvalue weighted by molar-refractivity contribution is 0.404. The number of rotatable bonds is 4. The Bertz CT molecular complexity index is 471. The second-order valence-corrected chi connectivity index (χ2v) is 3.91. The molecule has 17 heavy (non-hydrogen) atoms. The summed E-state index contributed by atoms with van der Waals surface area (Å²) in [4.78, 5) is 4.10. The van der Waals surface area contributed by atoms with Crippen LogP contribution in [0.4, 0.5) is 0 Å². The Labute approximate surface area is 101 Å². The highest BCUT2D eigenvalue weighted by Gasteiger charge is 2.12. The van der Waals surface area contributed by atoms with E-state index in [-0.39, 0.29) is 6.04 Å². The van der Waals surface area contributed by atoms with Gasteiger partial charge in [0.25, 0.3) is 0 Å². The van der Waals surface area contributed by atoms with Gasteiger partial charge in [0.15, 0.2) is 0 Å². The van der Waals surface area contributed by atoms with Crippen LogP contribution in [0.3, 0.4) is 0 Å². The van der Waals surface area contributed by atoms with Crippen LogP contribution in [0.2, 0.25) is 0 Å². The number of aromatic nitrogens is 1. The van der Waals surface area contributed by atoms with Crippen LogP contribution in [0.25, 0.3) is 0 Å². The first-order valence-electron chi connectivity index (χ1n) is 5.58. The van der Waals surface area contributed by atoms with Crippen LogP contribution >= 0.6 is 0 Å². The van der Waals surface area contributed by atoms with Gasteiger partial charge in [-0.1, -0.05) is 30.3 Å². The van der Waals surface area contributed by atoms with E-state index in [0.717, 1.165) is 17.7 Å². The first kappa shape index (κ1) is 11.6. The number of hydrogen-bond acceptors (Lipinski definition) is 3. The number of nitrogens with zero attached hydrogens (tertiary/aromatic N) is 1. The number of hydrogen-bond donors (Lipinski definition) is 1. The lowest BCUT2D eigenvalue weighted by atomic mass is 10.0. The Morgan fingerprint density at radius 1 is 1.24 bits per heavy atom. The molecule has 0 saturated heterocycles. The maximum Gasteiger partial charge on any atom is 0.126 e. The molecule has 0 bridgehead atoms. The molecule has 1 aromatic heterocycles. The van der Waals surface area contributed by atoms with E-state index < -0.39 is 0 Å². The minimum Gasteiger partial charge on any atom is -0.496 e. The minimum absolute atomic E-state index is 0.0963. The first-order valence-corrected chi connectivity index (χ1v) is 5.58. The van der Waals surface area contributed by atoms with E-state index in [1.165, 1.54) is 5.56 Å². The van der Waals surface area contributed by atoms with Crippen molar-refractivity contribution < 1.29 is 4.74 Å². The van der Waals surface area contributed by atoms with Crippen molar-refractivity contribution in [2.45, 2.75) is 12.5 Å². The summed E-state index contributed by atoms with van der Waals surface area (Å²) in [6, 6.07) is 11.9. The Morgan fingerprint density at radius 3 is 2.71 bits per heavy atom. The van der Waals surface area contributed by atoms with E-state index in [1.807, 2.05) is 24.3 Å². The van der Waals surface area contributed by atoms with Gasteiger partial charge in [-0.3, -0.25) is 4.98 Å². The quantitative estimate of drug-likeness (QED) is 0.873. The van der Waals surface area contributed by atoms with Gasteiger partial charge in [0.05, 0.1) is 7.11 Å². The molecule has 2 rings (SSSR count). The third kappa shape index (κ3) is 2.82. The van der Waals surface area contributed by atoms with Crippen LogP contribution in [-0.4, -0.2) is 12.1 Å². The normalized spacial score (nSPS) is 12.1. The highest BCUT2D eigenvalue weighted by molar-refractivity contribution is 5.34. The first-order chi connectivity index (χ1) is 8.31. The van der Waals surface area contributed by atoms with Gasteiger partial charge >= 0.3 is 0 Å². The molecule has 0 aliphatic heterocycles. The van der Waals surface area contributed by atoms with Gasteiger partial charge in [-0.2, -0.15) is 0 Å². The summed E-state index contributed by atoms with van der Waals surface area (Å²) in [7, 11) is 1.65. The predicted molar refractivity (Wildman–Crippen MR) is 67.9 cm³/mol. The second-order valence-electron chi connectivity index (χ2n) is 3.91. The number of ether oxygens (including phenoxy) is 1. The third-order valence-corrected chi connectivity index (χ3v) is 2.73. The van der Waals surface area contributed by atoms with Crippen LogP contribution in [0.1, 0.15) is 17.2 Å². The summed E-state index contributed by atoms with van der Waals surface area (Å²) < 4.78 is 5.28. The molecule has 1 heterocycles. The van der Waals surface area contributed by atoms with Crippen molar-refractivity contribution in [3.63, 3.8) is 0 Å². The number of benzene rings is 1. The number of nitrogens with two attached hydrogens (primary N) is 1.